The number of amides is 2. The number of fused-ring (bicyclic) bond motifs is 5. The highest BCUT2D eigenvalue weighted by molar-refractivity contribution is 6.24. The fraction of sp³-hybridized carbons (Fsp3) is 0.615. The van der Waals surface area contributed by atoms with Gasteiger partial charge in [0, 0.05) is 19.2 Å². The largest absolute Gasteiger partial charge is 0.311 e. The first kappa shape index (κ1) is 22.5. The summed E-state index contributed by atoms with van der Waals surface area (Å²) in [6.07, 6.45) is 4.76. The number of alkyl halides is 1. The zero-order valence-electron chi connectivity index (χ0n) is 19.4. The van der Waals surface area contributed by atoms with Crippen LogP contribution in [0.15, 0.2) is 41.7 Å². The van der Waals surface area contributed by atoms with E-state index in [9.17, 15) is 9.59 Å². The first-order valence-electron chi connectivity index (χ1n) is 12.0. The number of benzene rings is 1. The second kappa shape index (κ2) is 7.34. The van der Waals surface area contributed by atoms with Gasteiger partial charge in [0.25, 0.3) is 11.8 Å². The van der Waals surface area contributed by atoms with Crippen LogP contribution in [0.3, 0.4) is 0 Å². The number of carbonyl (C=O) groups excluding carboxylic acids is 2. The topological polar surface area (TPSA) is 40.6 Å². The van der Waals surface area contributed by atoms with Crippen molar-refractivity contribution in [3.05, 3.63) is 41.7 Å². The quantitative estimate of drug-likeness (QED) is 0.313. The van der Waals surface area contributed by atoms with Crippen LogP contribution in [0.2, 0.25) is 0 Å². The van der Waals surface area contributed by atoms with Crippen LogP contribution in [0.4, 0.5) is 18.9 Å². The molecule has 0 spiro atoms. The Bertz CT molecular complexity index is 1030. The fourth-order valence-corrected chi connectivity index (χ4v) is 7.67. The van der Waals surface area contributed by atoms with Crippen LogP contribution >= 0.6 is 0 Å². The van der Waals surface area contributed by atoms with Gasteiger partial charge in [-0.05, 0) is 74.3 Å². The van der Waals surface area contributed by atoms with E-state index >= 15 is 13.3 Å². The average molecular weight is 461 g/mol. The lowest BCUT2D eigenvalue weighted by Crippen LogP contribution is -2.67. The first-order valence-corrected chi connectivity index (χ1v) is 12.0. The monoisotopic (exact) mass is 460 g/mol. The van der Waals surface area contributed by atoms with Crippen LogP contribution in [0.1, 0.15) is 58.8 Å². The minimum Gasteiger partial charge on any atom is -0.311 e. The molecule has 0 bridgehead atoms. The third kappa shape index (κ3) is 2.83. The Kier molecular flexibility index (Phi) is 5.00. The summed E-state index contributed by atoms with van der Waals surface area (Å²) in [5.41, 5.74) is -2.20. The van der Waals surface area contributed by atoms with Crippen molar-refractivity contribution >= 4 is 17.5 Å². The number of anilines is 1. The van der Waals surface area contributed by atoms with E-state index in [1.807, 2.05) is 0 Å². The van der Waals surface area contributed by atoms with Crippen LogP contribution in [0.25, 0.3) is 0 Å². The zero-order valence-corrected chi connectivity index (χ0v) is 19.4. The van der Waals surface area contributed by atoms with Crippen molar-refractivity contribution in [2.24, 2.45) is 28.6 Å². The summed E-state index contributed by atoms with van der Waals surface area (Å²) in [7, 11) is 1.40. The SMILES string of the molecule is CN(C(=O)C1=C(F)[C@]2(C)[C@H]3CC[C@]4(C)CCC[C@H]4[C@@H]3CC[C@@]2(F)N(F)C1=O)c1ccccc1. The number of hydrogen-bond donors (Lipinski definition) is 0. The van der Waals surface area contributed by atoms with Crippen LogP contribution in [0.5, 0.6) is 0 Å². The predicted molar refractivity (Wildman–Crippen MR) is 119 cm³/mol. The molecule has 1 aromatic rings. The molecular weight excluding hydrogens is 429 g/mol. The standard InChI is InChI=1S/C26H31F3N2O2/c1-24-13-7-10-18(24)17-11-15-26(28)25(2,19(17)12-14-24)21(27)20(23(33)31(26)29)22(32)30(3)16-8-5-4-6-9-16/h4-6,8-9,17-19H,7,10-15H2,1-3H3/t17-,18-,19-,24-,25-,26+/m0/s1. The summed E-state index contributed by atoms with van der Waals surface area (Å²) in [4.78, 5) is 27.3. The minimum absolute atomic E-state index is 0.0516. The third-order valence-electron chi connectivity index (χ3n) is 9.61. The van der Waals surface area contributed by atoms with Crippen molar-refractivity contribution in [2.75, 3.05) is 11.9 Å². The highest BCUT2D eigenvalue weighted by atomic mass is 19.2. The molecule has 5 rings (SSSR count). The van der Waals surface area contributed by atoms with Gasteiger partial charge in [-0.1, -0.05) is 36.0 Å². The summed E-state index contributed by atoms with van der Waals surface area (Å²) in [5.74, 6) is -6.45. The Morgan fingerprint density at radius 2 is 1.76 bits per heavy atom. The molecule has 6 atom stereocenters. The summed E-state index contributed by atoms with van der Waals surface area (Å²) in [6.45, 7) is 3.66. The lowest BCUT2D eigenvalue weighted by atomic mass is 9.47. The molecule has 3 aliphatic carbocycles. The number of para-hydroxylation sites is 1. The first-order chi connectivity index (χ1) is 15.6. The second-order valence-corrected chi connectivity index (χ2v) is 10.9. The molecule has 0 unspecified atom stereocenters. The Morgan fingerprint density at radius 1 is 1.06 bits per heavy atom. The Balaban J connectivity index is 1.61. The van der Waals surface area contributed by atoms with E-state index in [4.69, 9.17) is 0 Å². The maximum absolute atomic E-state index is 16.4. The third-order valence-corrected chi connectivity index (χ3v) is 9.61. The van der Waals surface area contributed by atoms with Gasteiger partial charge in [-0.15, -0.1) is 5.12 Å². The molecular formula is C26H31F3N2O2. The van der Waals surface area contributed by atoms with Crippen LogP contribution in [-0.2, 0) is 9.59 Å². The molecule has 7 heteroatoms. The molecule has 1 heterocycles. The molecule has 0 aromatic heterocycles. The van der Waals surface area contributed by atoms with Crippen molar-refractivity contribution in [1.29, 1.82) is 0 Å². The molecule has 2 amide bonds. The number of halogens is 3. The molecule has 1 aliphatic heterocycles. The molecule has 3 fully saturated rings. The minimum atomic E-state index is -2.79. The maximum atomic E-state index is 16.4. The smallest absolute Gasteiger partial charge is 0.292 e. The molecule has 178 valence electrons. The van der Waals surface area contributed by atoms with Gasteiger partial charge in [0.1, 0.15) is 11.4 Å². The number of rotatable bonds is 2. The van der Waals surface area contributed by atoms with Gasteiger partial charge in [0.05, 0.1) is 5.41 Å². The van der Waals surface area contributed by atoms with Crippen LogP contribution in [0, 0.1) is 28.6 Å². The number of likely N-dealkylation sites (N-methyl/N-ethyl adjacent to an activating group) is 1. The van der Waals surface area contributed by atoms with Crippen molar-refractivity contribution in [3.8, 4) is 0 Å². The van der Waals surface area contributed by atoms with Gasteiger partial charge in [-0.3, -0.25) is 9.59 Å². The van der Waals surface area contributed by atoms with Gasteiger partial charge >= 0.3 is 0 Å². The summed E-state index contributed by atoms with van der Waals surface area (Å²) in [6, 6.07) is 8.44. The van der Waals surface area contributed by atoms with Crippen molar-refractivity contribution in [2.45, 2.75) is 64.6 Å². The lowest BCUT2D eigenvalue weighted by molar-refractivity contribution is -0.259. The maximum Gasteiger partial charge on any atom is 0.292 e. The summed E-state index contributed by atoms with van der Waals surface area (Å²) >= 11 is 0. The number of hydrogen-bond acceptors (Lipinski definition) is 2. The predicted octanol–water partition coefficient (Wildman–Crippen LogP) is 5.90. The molecule has 33 heavy (non-hydrogen) atoms. The van der Waals surface area contributed by atoms with Crippen LogP contribution in [-0.4, -0.2) is 29.8 Å². The van der Waals surface area contributed by atoms with E-state index in [0.29, 0.717) is 24.4 Å². The van der Waals surface area contributed by atoms with Gasteiger partial charge in [0.2, 0.25) is 5.79 Å². The Hall–Kier alpha value is -2.31. The van der Waals surface area contributed by atoms with E-state index in [0.717, 1.165) is 30.6 Å². The number of carbonyl (C=O) groups is 2. The van der Waals surface area contributed by atoms with Crippen molar-refractivity contribution < 1.29 is 22.9 Å². The van der Waals surface area contributed by atoms with Gasteiger partial charge in [0.15, 0.2) is 0 Å². The molecule has 0 N–H and O–H groups in total. The van der Waals surface area contributed by atoms with Gasteiger partial charge in [-0.2, -0.15) is 0 Å². The highest BCUT2D eigenvalue weighted by Crippen LogP contribution is 2.69. The van der Waals surface area contributed by atoms with Gasteiger partial charge < -0.3 is 4.90 Å². The molecule has 0 saturated heterocycles. The molecule has 1 aromatic carbocycles. The lowest BCUT2D eigenvalue weighted by Gasteiger charge is -2.61. The Morgan fingerprint density at radius 3 is 2.45 bits per heavy atom. The summed E-state index contributed by atoms with van der Waals surface area (Å²) < 4.78 is 48.2. The van der Waals surface area contributed by atoms with E-state index in [1.54, 1.807) is 30.3 Å². The second-order valence-electron chi connectivity index (χ2n) is 10.9. The van der Waals surface area contributed by atoms with E-state index in [1.165, 1.54) is 14.0 Å². The normalized spacial score (nSPS) is 40.2. The van der Waals surface area contributed by atoms with Gasteiger partial charge in [-0.25, -0.2) is 8.78 Å². The number of nitrogens with zero attached hydrogens (tertiary/aromatic N) is 2. The molecule has 4 aliphatic rings. The highest BCUT2D eigenvalue weighted by Gasteiger charge is 2.71. The van der Waals surface area contributed by atoms with Crippen molar-refractivity contribution in [3.63, 3.8) is 0 Å². The van der Waals surface area contributed by atoms with E-state index in [-0.39, 0.29) is 17.8 Å². The summed E-state index contributed by atoms with van der Waals surface area (Å²) in [5, 5.41) is -0.471. The molecule has 4 nitrogen and oxygen atoms in total. The average Bonchev–Trinajstić information content (AvgIpc) is 3.21. The molecule has 3 saturated carbocycles. The Labute approximate surface area is 192 Å². The van der Waals surface area contributed by atoms with Crippen LogP contribution < -0.4 is 4.90 Å². The molecule has 0 radical (unpaired) electrons. The van der Waals surface area contributed by atoms with Crippen molar-refractivity contribution in [1.82, 2.24) is 5.12 Å². The fourth-order valence-electron chi connectivity index (χ4n) is 7.67. The van der Waals surface area contributed by atoms with E-state index in [2.05, 4.69) is 6.92 Å². The van der Waals surface area contributed by atoms with E-state index < -0.39 is 45.5 Å². The zero-order chi connectivity index (χ0) is 23.8.